The highest BCUT2D eigenvalue weighted by Gasteiger charge is 2.33. The van der Waals surface area contributed by atoms with E-state index in [1.807, 2.05) is 24.3 Å². The quantitative estimate of drug-likeness (QED) is 0.546. The van der Waals surface area contributed by atoms with E-state index in [9.17, 15) is 14.3 Å². The summed E-state index contributed by atoms with van der Waals surface area (Å²) in [7, 11) is 0. The molecule has 1 amide bonds. The van der Waals surface area contributed by atoms with E-state index >= 15 is 0 Å². The Morgan fingerprint density at radius 3 is 2.78 bits per heavy atom. The molecule has 1 aliphatic heterocycles. The summed E-state index contributed by atoms with van der Waals surface area (Å²) in [5.74, 6) is 0.728. The van der Waals surface area contributed by atoms with Gasteiger partial charge in [-0.05, 0) is 36.2 Å². The highest BCUT2D eigenvalue weighted by Crippen LogP contribution is 2.20. The number of hydrogen-bond donors (Lipinski definition) is 2. The lowest BCUT2D eigenvalue weighted by Gasteiger charge is -2.30. The van der Waals surface area contributed by atoms with Gasteiger partial charge in [0.2, 0.25) is 5.91 Å². The smallest absolute Gasteiger partial charge is 0.216 e. The Morgan fingerprint density at radius 2 is 2.03 bits per heavy atom. The lowest BCUT2D eigenvalue weighted by atomic mass is 10.1. The SMILES string of the molecule is CC(=O)NCCCOc1ccc(CN2CCOC[C@@](O)(COc3cccc(F)c3)C2)cc1. The van der Waals surface area contributed by atoms with Crippen LogP contribution < -0.4 is 14.8 Å². The van der Waals surface area contributed by atoms with Crippen molar-refractivity contribution in [2.75, 3.05) is 46.1 Å². The minimum atomic E-state index is -1.19. The van der Waals surface area contributed by atoms with Gasteiger partial charge < -0.3 is 24.6 Å². The summed E-state index contributed by atoms with van der Waals surface area (Å²) >= 11 is 0. The molecule has 1 atom stereocenters. The molecule has 7 nitrogen and oxygen atoms in total. The van der Waals surface area contributed by atoms with E-state index in [2.05, 4.69) is 10.2 Å². The molecule has 2 aromatic carbocycles. The largest absolute Gasteiger partial charge is 0.494 e. The van der Waals surface area contributed by atoms with Gasteiger partial charge >= 0.3 is 0 Å². The van der Waals surface area contributed by atoms with E-state index in [4.69, 9.17) is 14.2 Å². The van der Waals surface area contributed by atoms with Crippen LogP contribution in [0.4, 0.5) is 4.39 Å². The Bertz CT molecular complexity index is 864. The molecule has 0 aliphatic carbocycles. The standard InChI is InChI=1S/C24H31FN2O5/c1-19(28)26-10-3-12-31-22-8-6-20(7-9-22)15-27-11-13-30-17-24(29,16-27)18-32-23-5-2-4-21(25)14-23/h2,4-9,14,29H,3,10-13,15-18H2,1H3,(H,26,28)/t24-/m1/s1. The van der Waals surface area contributed by atoms with E-state index < -0.39 is 5.60 Å². The van der Waals surface area contributed by atoms with Crippen LogP contribution in [0.25, 0.3) is 0 Å². The first-order chi connectivity index (χ1) is 15.4. The van der Waals surface area contributed by atoms with Crippen molar-refractivity contribution in [3.8, 4) is 11.5 Å². The minimum Gasteiger partial charge on any atom is -0.494 e. The van der Waals surface area contributed by atoms with Crippen LogP contribution in [0.1, 0.15) is 18.9 Å². The average Bonchev–Trinajstić information content (AvgIpc) is 2.94. The topological polar surface area (TPSA) is 80.3 Å². The Kier molecular flexibility index (Phi) is 8.84. The van der Waals surface area contributed by atoms with E-state index in [1.165, 1.54) is 19.1 Å². The number of β-amino-alcohol motifs (C(OH)–C–C–N with tert-alkyl or cyclic N) is 1. The number of hydrogen-bond acceptors (Lipinski definition) is 6. The molecule has 1 saturated heterocycles. The van der Waals surface area contributed by atoms with Gasteiger partial charge in [-0.25, -0.2) is 4.39 Å². The number of nitrogens with one attached hydrogen (secondary N) is 1. The van der Waals surface area contributed by atoms with Gasteiger partial charge in [0.1, 0.15) is 29.5 Å². The van der Waals surface area contributed by atoms with Gasteiger partial charge in [0, 0.05) is 39.2 Å². The highest BCUT2D eigenvalue weighted by atomic mass is 19.1. The number of ether oxygens (including phenoxy) is 3. The number of nitrogens with zero attached hydrogens (tertiary/aromatic N) is 1. The molecule has 3 rings (SSSR count). The van der Waals surface area contributed by atoms with Gasteiger partial charge in [0.15, 0.2) is 0 Å². The van der Waals surface area contributed by atoms with E-state index in [0.29, 0.717) is 45.1 Å². The van der Waals surface area contributed by atoms with Crippen LogP contribution in [0.3, 0.4) is 0 Å². The number of rotatable bonds is 10. The summed E-state index contributed by atoms with van der Waals surface area (Å²) in [6.07, 6.45) is 0.741. The number of aliphatic hydroxyl groups is 1. The normalized spacial score (nSPS) is 19.2. The van der Waals surface area contributed by atoms with E-state index in [-0.39, 0.29) is 24.9 Å². The second-order valence-electron chi connectivity index (χ2n) is 8.06. The van der Waals surface area contributed by atoms with Gasteiger partial charge in [0.05, 0.1) is 19.8 Å². The first kappa shape index (κ1) is 24.0. The summed E-state index contributed by atoms with van der Waals surface area (Å²) in [5, 5.41) is 13.8. The van der Waals surface area contributed by atoms with Crippen molar-refractivity contribution in [1.82, 2.24) is 10.2 Å². The van der Waals surface area contributed by atoms with Crippen molar-refractivity contribution in [2.45, 2.75) is 25.5 Å². The number of carbonyl (C=O) groups excluding carboxylic acids is 1. The third kappa shape index (κ3) is 8.11. The van der Waals surface area contributed by atoms with Crippen LogP contribution in [0.2, 0.25) is 0 Å². The molecule has 0 unspecified atom stereocenters. The molecule has 1 aliphatic rings. The summed E-state index contributed by atoms with van der Waals surface area (Å²) in [5.41, 5.74) is -0.106. The highest BCUT2D eigenvalue weighted by molar-refractivity contribution is 5.72. The van der Waals surface area contributed by atoms with Crippen LogP contribution in [0.15, 0.2) is 48.5 Å². The van der Waals surface area contributed by atoms with Crippen molar-refractivity contribution >= 4 is 5.91 Å². The van der Waals surface area contributed by atoms with Crippen LogP contribution in [-0.2, 0) is 16.1 Å². The third-order valence-electron chi connectivity index (χ3n) is 5.04. The molecule has 2 aromatic rings. The Hall–Kier alpha value is -2.68. The van der Waals surface area contributed by atoms with Crippen molar-refractivity contribution < 1.29 is 28.5 Å². The molecule has 1 heterocycles. The van der Waals surface area contributed by atoms with E-state index in [0.717, 1.165) is 17.7 Å². The summed E-state index contributed by atoms with van der Waals surface area (Å²) in [4.78, 5) is 13.0. The molecule has 0 radical (unpaired) electrons. The summed E-state index contributed by atoms with van der Waals surface area (Å²) in [6.45, 7) is 5.01. The second-order valence-corrected chi connectivity index (χ2v) is 8.06. The Balaban J connectivity index is 1.48. The van der Waals surface area contributed by atoms with Crippen molar-refractivity contribution in [1.29, 1.82) is 0 Å². The van der Waals surface area contributed by atoms with Gasteiger partial charge in [-0.2, -0.15) is 0 Å². The lowest BCUT2D eigenvalue weighted by molar-refractivity contribution is -0.118. The fourth-order valence-corrected chi connectivity index (χ4v) is 3.47. The van der Waals surface area contributed by atoms with Crippen LogP contribution in [0, 0.1) is 5.82 Å². The monoisotopic (exact) mass is 446 g/mol. The van der Waals surface area contributed by atoms with Crippen molar-refractivity contribution in [3.63, 3.8) is 0 Å². The predicted octanol–water partition coefficient (Wildman–Crippen LogP) is 2.37. The zero-order valence-electron chi connectivity index (χ0n) is 18.4. The molecular formula is C24H31FN2O5. The first-order valence-corrected chi connectivity index (χ1v) is 10.8. The number of amides is 1. The minimum absolute atomic E-state index is 0.0121. The molecule has 2 N–H and O–H groups in total. The third-order valence-corrected chi connectivity index (χ3v) is 5.04. The maximum Gasteiger partial charge on any atom is 0.216 e. The maximum atomic E-state index is 13.4. The Labute approximate surface area is 188 Å². The van der Waals surface area contributed by atoms with Crippen molar-refractivity contribution in [2.24, 2.45) is 0 Å². The van der Waals surface area contributed by atoms with Gasteiger partial charge in [0.25, 0.3) is 0 Å². The zero-order valence-corrected chi connectivity index (χ0v) is 18.4. The fraction of sp³-hybridized carbons (Fsp3) is 0.458. The van der Waals surface area contributed by atoms with Gasteiger partial charge in [-0.3, -0.25) is 9.69 Å². The van der Waals surface area contributed by atoms with Crippen molar-refractivity contribution in [3.05, 3.63) is 59.9 Å². The molecule has 0 saturated carbocycles. The Morgan fingerprint density at radius 1 is 1.22 bits per heavy atom. The zero-order chi connectivity index (χ0) is 22.8. The molecule has 0 bridgehead atoms. The van der Waals surface area contributed by atoms with Gasteiger partial charge in [-0.1, -0.05) is 18.2 Å². The van der Waals surface area contributed by atoms with Gasteiger partial charge in [-0.15, -0.1) is 0 Å². The molecule has 0 aromatic heterocycles. The average molecular weight is 447 g/mol. The van der Waals surface area contributed by atoms with E-state index in [1.54, 1.807) is 12.1 Å². The number of carbonyl (C=O) groups is 1. The molecule has 0 spiro atoms. The summed E-state index contributed by atoms with van der Waals surface area (Å²) in [6, 6.07) is 13.7. The first-order valence-electron chi connectivity index (χ1n) is 10.8. The maximum absolute atomic E-state index is 13.4. The molecule has 32 heavy (non-hydrogen) atoms. The fourth-order valence-electron chi connectivity index (χ4n) is 3.47. The summed E-state index contributed by atoms with van der Waals surface area (Å²) < 4.78 is 30.3. The second kappa shape index (κ2) is 11.8. The van der Waals surface area contributed by atoms with Crippen LogP contribution in [-0.4, -0.2) is 67.6 Å². The van der Waals surface area contributed by atoms with Crippen LogP contribution >= 0.6 is 0 Å². The molecule has 174 valence electrons. The number of benzene rings is 2. The lowest BCUT2D eigenvalue weighted by Crippen LogP contribution is -2.48. The predicted molar refractivity (Wildman–Crippen MR) is 118 cm³/mol. The number of halogens is 1. The van der Waals surface area contributed by atoms with Crippen LogP contribution in [0.5, 0.6) is 11.5 Å². The molecule has 1 fully saturated rings. The molecule has 8 heteroatoms. The molecular weight excluding hydrogens is 415 g/mol.